The molecule has 0 atom stereocenters. The molecule has 0 aliphatic rings. The molecule has 218 valence electrons. The number of hydrogen-bond donors (Lipinski definition) is 2. The van der Waals surface area contributed by atoms with E-state index in [-0.39, 0.29) is 12.5 Å². The SMILES string of the molecule is CCN(CC)c1ccc(C(c2ccc(N(CC)CC)cc2)c2ccc(NCCCCCCO)c3ccccc23)cc1. The number of rotatable bonds is 16. The fourth-order valence-electron chi connectivity index (χ4n) is 6.03. The van der Waals surface area contributed by atoms with E-state index in [4.69, 9.17) is 5.11 Å². The lowest BCUT2D eigenvalue weighted by Crippen LogP contribution is -2.22. The fraction of sp³-hybridized carbons (Fsp3) is 0.405. The monoisotopic (exact) mass is 551 g/mol. The maximum atomic E-state index is 9.06. The summed E-state index contributed by atoms with van der Waals surface area (Å²) in [6.45, 7) is 14.1. The minimum atomic E-state index is 0.129. The number of aliphatic hydroxyl groups is 1. The lowest BCUT2D eigenvalue weighted by Gasteiger charge is -2.26. The van der Waals surface area contributed by atoms with Crippen molar-refractivity contribution in [3.05, 3.63) is 102 Å². The summed E-state index contributed by atoms with van der Waals surface area (Å²) < 4.78 is 0. The van der Waals surface area contributed by atoms with Crippen LogP contribution in [0.15, 0.2) is 84.9 Å². The normalized spacial score (nSPS) is 11.3. The van der Waals surface area contributed by atoms with Gasteiger partial charge in [0, 0.05) is 67.7 Å². The highest BCUT2D eigenvalue weighted by Gasteiger charge is 2.21. The molecule has 0 aliphatic heterocycles. The van der Waals surface area contributed by atoms with Crippen LogP contribution in [0.3, 0.4) is 0 Å². The molecule has 4 rings (SSSR count). The molecular formula is C37H49N3O. The summed E-state index contributed by atoms with van der Waals surface area (Å²) in [5.41, 5.74) is 7.70. The minimum Gasteiger partial charge on any atom is -0.396 e. The number of nitrogens with one attached hydrogen (secondary N) is 1. The topological polar surface area (TPSA) is 38.7 Å². The average Bonchev–Trinajstić information content (AvgIpc) is 3.02. The Balaban J connectivity index is 1.74. The van der Waals surface area contributed by atoms with Gasteiger partial charge in [0.2, 0.25) is 0 Å². The molecule has 0 spiro atoms. The number of hydrogen-bond acceptors (Lipinski definition) is 4. The van der Waals surface area contributed by atoms with Crippen LogP contribution in [-0.4, -0.2) is 44.4 Å². The second-order valence-corrected chi connectivity index (χ2v) is 10.8. The van der Waals surface area contributed by atoms with Crippen molar-refractivity contribution < 1.29 is 5.11 Å². The summed E-state index contributed by atoms with van der Waals surface area (Å²) in [7, 11) is 0. The molecule has 4 aromatic rings. The molecule has 0 fully saturated rings. The summed E-state index contributed by atoms with van der Waals surface area (Å²) >= 11 is 0. The van der Waals surface area contributed by atoms with Crippen molar-refractivity contribution in [1.82, 2.24) is 0 Å². The Kier molecular flexibility index (Phi) is 11.5. The summed E-state index contributed by atoms with van der Waals surface area (Å²) in [5, 5.41) is 15.3. The van der Waals surface area contributed by atoms with E-state index in [0.29, 0.717) is 0 Å². The zero-order valence-corrected chi connectivity index (χ0v) is 25.6. The first kappa shape index (κ1) is 30.5. The molecule has 0 aliphatic carbocycles. The van der Waals surface area contributed by atoms with Crippen molar-refractivity contribution in [3.63, 3.8) is 0 Å². The summed E-state index contributed by atoms with van der Waals surface area (Å²) in [6, 6.07) is 31.9. The Morgan fingerprint density at radius 2 is 1.10 bits per heavy atom. The van der Waals surface area contributed by atoms with Crippen molar-refractivity contribution in [3.8, 4) is 0 Å². The van der Waals surface area contributed by atoms with Gasteiger partial charge in [0.25, 0.3) is 0 Å². The van der Waals surface area contributed by atoms with Crippen LogP contribution in [0, 0.1) is 0 Å². The van der Waals surface area contributed by atoms with Crippen molar-refractivity contribution in [1.29, 1.82) is 0 Å². The smallest absolute Gasteiger partial charge is 0.0431 e. The van der Waals surface area contributed by atoms with E-state index in [1.165, 1.54) is 44.5 Å². The first-order chi connectivity index (χ1) is 20.1. The summed E-state index contributed by atoms with van der Waals surface area (Å²) in [4.78, 5) is 4.80. The maximum Gasteiger partial charge on any atom is 0.0431 e. The number of unbranched alkanes of at least 4 members (excludes halogenated alkanes) is 3. The van der Waals surface area contributed by atoms with E-state index < -0.39 is 0 Å². The average molecular weight is 552 g/mol. The summed E-state index contributed by atoms with van der Waals surface area (Å²) in [6.07, 6.45) is 4.22. The molecule has 0 saturated heterocycles. The van der Waals surface area contributed by atoms with Crippen molar-refractivity contribution in [2.75, 3.05) is 54.4 Å². The Morgan fingerprint density at radius 1 is 0.585 bits per heavy atom. The van der Waals surface area contributed by atoms with E-state index in [2.05, 4.69) is 128 Å². The minimum absolute atomic E-state index is 0.129. The molecule has 2 N–H and O–H groups in total. The molecule has 0 amide bonds. The van der Waals surface area contributed by atoms with Gasteiger partial charge < -0.3 is 20.2 Å². The van der Waals surface area contributed by atoms with Crippen LogP contribution >= 0.6 is 0 Å². The number of nitrogens with zero attached hydrogens (tertiary/aromatic N) is 2. The quantitative estimate of drug-likeness (QED) is 0.108. The van der Waals surface area contributed by atoms with Crippen molar-refractivity contribution >= 4 is 27.8 Å². The third kappa shape index (κ3) is 7.42. The van der Waals surface area contributed by atoms with Crippen LogP contribution in [0.25, 0.3) is 10.8 Å². The maximum absolute atomic E-state index is 9.06. The van der Waals surface area contributed by atoms with Gasteiger partial charge in [-0.25, -0.2) is 0 Å². The zero-order chi connectivity index (χ0) is 29.0. The Bertz CT molecular complexity index is 1270. The van der Waals surface area contributed by atoms with Gasteiger partial charge in [-0.1, -0.05) is 67.4 Å². The number of fused-ring (bicyclic) bond motifs is 1. The molecule has 0 aromatic heterocycles. The molecule has 0 radical (unpaired) electrons. The van der Waals surface area contributed by atoms with Gasteiger partial charge in [-0.3, -0.25) is 0 Å². The van der Waals surface area contributed by atoms with Crippen LogP contribution in [0.2, 0.25) is 0 Å². The van der Waals surface area contributed by atoms with Gasteiger partial charge >= 0.3 is 0 Å². The third-order valence-electron chi connectivity index (χ3n) is 8.38. The molecule has 0 unspecified atom stereocenters. The van der Waals surface area contributed by atoms with Crippen LogP contribution in [-0.2, 0) is 0 Å². The predicted molar refractivity (Wildman–Crippen MR) is 179 cm³/mol. The second-order valence-electron chi connectivity index (χ2n) is 10.8. The molecule has 4 aromatic carbocycles. The van der Waals surface area contributed by atoms with Crippen molar-refractivity contribution in [2.24, 2.45) is 0 Å². The highest BCUT2D eigenvalue weighted by molar-refractivity contribution is 5.97. The highest BCUT2D eigenvalue weighted by atomic mass is 16.2. The predicted octanol–water partition coefficient (Wildman–Crippen LogP) is 8.68. The molecule has 4 heteroatoms. The number of anilines is 3. The Hall–Kier alpha value is -3.50. The van der Waals surface area contributed by atoms with E-state index in [1.54, 1.807) is 0 Å². The molecule has 0 bridgehead atoms. The van der Waals surface area contributed by atoms with E-state index in [9.17, 15) is 0 Å². The Labute approximate surface area is 248 Å². The first-order valence-electron chi connectivity index (χ1n) is 15.7. The molecular weight excluding hydrogens is 502 g/mol. The van der Waals surface area contributed by atoms with E-state index in [1.807, 2.05) is 0 Å². The van der Waals surface area contributed by atoms with E-state index >= 15 is 0 Å². The van der Waals surface area contributed by atoms with Gasteiger partial charge in [-0.15, -0.1) is 0 Å². The van der Waals surface area contributed by atoms with Crippen molar-refractivity contribution in [2.45, 2.75) is 59.3 Å². The lowest BCUT2D eigenvalue weighted by molar-refractivity contribution is 0.283. The standard InChI is InChI=1S/C37H49N3O/c1-5-39(6-2)31-21-17-29(18-22-31)37(30-19-23-32(24-20-30)40(7-3)8-4)35-25-26-36(34-16-12-11-15-33(34)35)38-27-13-9-10-14-28-41/h11-12,15-26,37-38,41H,5-10,13-14,27-28H2,1-4H3. The lowest BCUT2D eigenvalue weighted by atomic mass is 9.82. The summed E-state index contributed by atoms with van der Waals surface area (Å²) in [5.74, 6) is 0.129. The number of benzene rings is 4. The molecule has 0 saturated carbocycles. The van der Waals surface area contributed by atoms with Gasteiger partial charge in [0.15, 0.2) is 0 Å². The fourth-order valence-corrected chi connectivity index (χ4v) is 6.03. The highest BCUT2D eigenvalue weighted by Crippen LogP contribution is 2.39. The van der Waals surface area contributed by atoms with Gasteiger partial charge in [-0.05, 0) is 92.9 Å². The van der Waals surface area contributed by atoms with E-state index in [0.717, 1.165) is 58.4 Å². The van der Waals surface area contributed by atoms with Crippen LogP contribution in [0.1, 0.15) is 76.0 Å². The van der Waals surface area contributed by atoms with Crippen LogP contribution in [0.4, 0.5) is 17.1 Å². The molecule has 0 heterocycles. The molecule has 4 nitrogen and oxygen atoms in total. The van der Waals surface area contributed by atoms with Crippen LogP contribution in [0.5, 0.6) is 0 Å². The van der Waals surface area contributed by atoms with Gasteiger partial charge in [0.05, 0.1) is 0 Å². The first-order valence-corrected chi connectivity index (χ1v) is 15.7. The van der Waals surface area contributed by atoms with Gasteiger partial charge in [0.1, 0.15) is 0 Å². The number of aliphatic hydroxyl groups excluding tert-OH is 1. The largest absolute Gasteiger partial charge is 0.396 e. The zero-order valence-electron chi connectivity index (χ0n) is 25.6. The molecule has 41 heavy (non-hydrogen) atoms. The second kappa shape index (κ2) is 15.5. The van der Waals surface area contributed by atoms with Gasteiger partial charge in [-0.2, -0.15) is 0 Å². The van der Waals surface area contributed by atoms with Crippen LogP contribution < -0.4 is 15.1 Å². The Morgan fingerprint density at radius 3 is 1.61 bits per heavy atom. The third-order valence-corrected chi connectivity index (χ3v) is 8.38.